The molecule has 9 heteroatoms. The lowest BCUT2D eigenvalue weighted by molar-refractivity contribution is -0.133. The zero-order chi connectivity index (χ0) is 24.1. The van der Waals surface area contributed by atoms with Gasteiger partial charge >= 0.3 is 0 Å². The molecule has 7 nitrogen and oxygen atoms in total. The van der Waals surface area contributed by atoms with Crippen LogP contribution in [0.1, 0.15) is 12.5 Å². The van der Waals surface area contributed by atoms with E-state index >= 15 is 0 Å². The number of benzene rings is 2. The number of likely N-dealkylation sites (N-methyl/N-ethyl adjacent to an activating group) is 1. The summed E-state index contributed by atoms with van der Waals surface area (Å²) in [6.07, 6.45) is 1.78. The first-order chi connectivity index (χ1) is 16.5. The average Bonchev–Trinajstić information content (AvgIpc) is 3.10. The van der Waals surface area contributed by atoms with E-state index in [1.807, 2.05) is 42.2 Å². The van der Waals surface area contributed by atoms with Crippen LogP contribution in [0.3, 0.4) is 0 Å². The highest BCUT2D eigenvalue weighted by molar-refractivity contribution is 8.26. The first-order valence-corrected chi connectivity index (χ1v) is 12.4. The van der Waals surface area contributed by atoms with Crippen LogP contribution in [-0.2, 0) is 9.59 Å². The maximum absolute atomic E-state index is 12.8. The van der Waals surface area contributed by atoms with Crippen LogP contribution in [0.4, 0.5) is 5.69 Å². The Kier molecular flexibility index (Phi) is 7.74. The first kappa shape index (κ1) is 24.1. The molecule has 4 rings (SSSR count). The lowest BCUT2D eigenvalue weighted by Gasteiger charge is -2.36. The minimum atomic E-state index is -0.119. The van der Waals surface area contributed by atoms with Crippen molar-refractivity contribution in [3.05, 3.63) is 59.0 Å². The van der Waals surface area contributed by atoms with E-state index in [1.165, 1.54) is 22.3 Å². The summed E-state index contributed by atoms with van der Waals surface area (Å²) in [4.78, 5) is 31.2. The second kappa shape index (κ2) is 10.9. The zero-order valence-corrected chi connectivity index (χ0v) is 20.9. The van der Waals surface area contributed by atoms with Crippen LogP contribution in [0.2, 0.25) is 0 Å². The fourth-order valence-electron chi connectivity index (χ4n) is 3.78. The molecule has 2 aromatic carbocycles. The van der Waals surface area contributed by atoms with Crippen molar-refractivity contribution in [2.45, 2.75) is 6.92 Å². The lowest BCUT2D eigenvalue weighted by atomic mass is 10.2. The number of piperazine rings is 1. The van der Waals surface area contributed by atoms with E-state index in [9.17, 15) is 9.59 Å². The number of thioether (sulfide) groups is 1. The van der Waals surface area contributed by atoms with Crippen molar-refractivity contribution >= 4 is 51.9 Å². The van der Waals surface area contributed by atoms with Gasteiger partial charge in [0.2, 0.25) is 0 Å². The van der Waals surface area contributed by atoms with Gasteiger partial charge in [0.1, 0.15) is 4.32 Å². The first-order valence-electron chi connectivity index (χ1n) is 11.1. The minimum Gasteiger partial charge on any atom is -0.490 e. The summed E-state index contributed by atoms with van der Waals surface area (Å²) in [7, 11) is 1.67. The van der Waals surface area contributed by atoms with Crippen molar-refractivity contribution in [3.63, 3.8) is 0 Å². The van der Waals surface area contributed by atoms with Crippen molar-refractivity contribution in [1.29, 1.82) is 0 Å². The van der Waals surface area contributed by atoms with Gasteiger partial charge in [-0.3, -0.25) is 14.5 Å². The molecule has 0 saturated carbocycles. The normalized spacial score (nSPS) is 17.5. The number of hydrogen-bond acceptors (Lipinski definition) is 7. The number of carbonyl (C=O) groups excluding carboxylic acids is 2. The summed E-state index contributed by atoms with van der Waals surface area (Å²) >= 11 is 6.46. The van der Waals surface area contributed by atoms with Crippen molar-refractivity contribution in [3.8, 4) is 11.5 Å². The molecule has 0 bridgehead atoms. The number of thiocarbonyl (C=S) groups is 1. The van der Waals surface area contributed by atoms with Gasteiger partial charge in [0.15, 0.2) is 18.1 Å². The van der Waals surface area contributed by atoms with E-state index < -0.39 is 0 Å². The van der Waals surface area contributed by atoms with Crippen molar-refractivity contribution in [2.75, 3.05) is 51.3 Å². The Hall–Kier alpha value is -3.04. The molecule has 34 heavy (non-hydrogen) atoms. The van der Waals surface area contributed by atoms with E-state index in [2.05, 4.69) is 17.0 Å². The molecule has 2 aliphatic heterocycles. The van der Waals surface area contributed by atoms with E-state index in [4.69, 9.17) is 21.7 Å². The van der Waals surface area contributed by atoms with Crippen LogP contribution in [0.15, 0.2) is 53.4 Å². The van der Waals surface area contributed by atoms with Gasteiger partial charge < -0.3 is 19.3 Å². The topological polar surface area (TPSA) is 62.3 Å². The Balaban J connectivity index is 1.36. The zero-order valence-electron chi connectivity index (χ0n) is 19.2. The van der Waals surface area contributed by atoms with Gasteiger partial charge in [-0.25, -0.2) is 0 Å². The maximum atomic E-state index is 12.8. The van der Waals surface area contributed by atoms with E-state index in [-0.39, 0.29) is 18.4 Å². The summed E-state index contributed by atoms with van der Waals surface area (Å²) in [5.74, 6) is 0.861. The monoisotopic (exact) mass is 497 g/mol. The van der Waals surface area contributed by atoms with E-state index in [0.717, 1.165) is 18.7 Å². The molecule has 0 aromatic heterocycles. The number of amides is 2. The standard InChI is InChI=1S/C25H27N3O4S2/c1-3-31-21-15-18(16-22-24(30)26(2)25(33)34-22)9-10-20(21)32-17-23(29)28-13-11-27(12-14-28)19-7-5-4-6-8-19/h4-10,15-16H,3,11-14,17H2,1-2H3/b22-16-. The van der Waals surface area contributed by atoms with Gasteiger partial charge in [-0.15, -0.1) is 0 Å². The number of rotatable bonds is 7. The molecule has 0 aliphatic carbocycles. The molecule has 2 aromatic rings. The summed E-state index contributed by atoms with van der Waals surface area (Å²) in [6.45, 7) is 5.17. The molecule has 2 saturated heterocycles. The SMILES string of the molecule is CCOc1cc(/C=C2\SC(=S)N(C)C2=O)ccc1OCC(=O)N1CCN(c2ccccc2)CC1. The highest BCUT2D eigenvalue weighted by Crippen LogP contribution is 2.34. The molecule has 0 atom stereocenters. The van der Waals surface area contributed by atoms with Gasteiger partial charge in [-0.2, -0.15) is 0 Å². The predicted octanol–water partition coefficient (Wildman–Crippen LogP) is 3.64. The second-order valence-electron chi connectivity index (χ2n) is 7.87. The summed E-state index contributed by atoms with van der Waals surface area (Å²) in [5, 5.41) is 0. The molecule has 2 amide bonds. The Morgan fingerprint density at radius 3 is 2.44 bits per heavy atom. The Morgan fingerprint density at radius 2 is 1.79 bits per heavy atom. The molecular formula is C25H27N3O4S2. The third kappa shape index (κ3) is 5.53. The van der Waals surface area contributed by atoms with E-state index in [0.29, 0.717) is 40.4 Å². The molecule has 0 radical (unpaired) electrons. The van der Waals surface area contributed by atoms with Gasteiger partial charge in [0.25, 0.3) is 11.8 Å². The Labute approximate surface area is 209 Å². The molecule has 178 valence electrons. The van der Waals surface area contributed by atoms with Gasteiger partial charge in [-0.05, 0) is 42.8 Å². The van der Waals surface area contributed by atoms with Crippen LogP contribution >= 0.6 is 24.0 Å². The smallest absolute Gasteiger partial charge is 0.265 e. The van der Waals surface area contributed by atoms with Gasteiger partial charge in [0.05, 0.1) is 11.5 Å². The number of anilines is 1. The summed E-state index contributed by atoms with van der Waals surface area (Å²) < 4.78 is 12.1. The fourth-order valence-corrected chi connectivity index (χ4v) is 4.96. The molecule has 0 unspecified atom stereocenters. The maximum Gasteiger partial charge on any atom is 0.265 e. The number of carbonyl (C=O) groups is 2. The fraction of sp³-hybridized carbons (Fsp3) is 0.320. The Bertz CT molecular complexity index is 1100. The minimum absolute atomic E-state index is 0.0501. The molecular weight excluding hydrogens is 470 g/mol. The third-order valence-corrected chi connectivity index (χ3v) is 7.14. The molecule has 2 aliphatic rings. The van der Waals surface area contributed by atoms with Crippen LogP contribution in [0, 0.1) is 0 Å². The highest BCUT2D eigenvalue weighted by atomic mass is 32.2. The second-order valence-corrected chi connectivity index (χ2v) is 9.55. The van der Waals surface area contributed by atoms with Crippen LogP contribution in [-0.4, -0.2) is 72.4 Å². The van der Waals surface area contributed by atoms with Crippen molar-refractivity contribution < 1.29 is 19.1 Å². The van der Waals surface area contributed by atoms with Crippen molar-refractivity contribution in [2.24, 2.45) is 0 Å². The van der Waals surface area contributed by atoms with Crippen LogP contribution in [0.25, 0.3) is 6.08 Å². The summed E-state index contributed by atoms with van der Waals surface area (Å²) in [5.41, 5.74) is 1.97. The quantitative estimate of drug-likeness (QED) is 0.428. The lowest BCUT2D eigenvalue weighted by Crippen LogP contribution is -2.50. The van der Waals surface area contributed by atoms with Crippen LogP contribution in [0.5, 0.6) is 11.5 Å². The third-order valence-electron chi connectivity index (χ3n) is 5.66. The molecule has 2 fully saturated rings. The molecule has 2 heterocycles. The molecule has 0 N–H and O–H groups in total. The number of nitrogens with zero attached hydrogens (tertiary/aromatic N) is 3. The largest absolute Gasteiger partial charge is 0.490 e. The number of ether oxygens (including phenoxy) is 2. The predicted molar refractivity (Wildman–Crippen MR) is 139 cm³/mol. The van der Waals surface area contributed by atoms with Gasteiger partial charge in [-0.1, -0.05) is 48.2 Å². The average molecular weight is 498 g/mol. The van der Waals surface area contributed by atoms with Gasteiger partial charge in [0, 0.05) is 38.9 Å². The van der Waals surface area contributed by atoms with Crippen molar-refractivity contribution in [1.82, 2.24) is 9.80 Å². The van der Waals surface area contributed by atoms with E-state index in [1.54, 1.807) is 19.2 Å². The Morgan fingerprint density at radius 1 is 1.06 bits per heavy atom. The highest BCUT2D eigenvalue weighted by Gasteiger charge is 2.28. The van der Waals surface area contributed by atoms with Crippen LogP contribution < -0.4 is 14.4 Å². The number of hydrogen-bond donors (Lipinski definition) is 0. The number of para-hydroxylation sites is 1. The summed E-state index contributed by atoms with van der Waals surface area (Å²) in [6, 6.07) is 15.6. The molecule has 0 spiro atoms.